The van der Waals surface area contributed by atoms with Crippen LogP contribution in [-0.2, 0) is 0 Å². The van der Waals surface area contributed by atoms with E-state index in [1.807, 2.05) is 0 Å². The fraction of sp³-hybridized carbons (Fsp3) is 1.00. The summed E-state index contributed by atoms with van der Waals surface area (Å²) in [5.41, 5.74) is 4.70. The Morgan fingerprint density at radius 3 is 2.09 bits per heavy atom. The van der Waals surface area contributed by atoms with Crippen LogP contribution in [0.5, 0.6) is 0 Å². The Bertz CT molecular complexity index is 98.2. The lowest BCUT2D eigenvalue weighted by Gasteiger charge is -2.13. The summed E-state index contributed by atoms with van der Waals surface area (Å²) in [6, 6.07) is -1.79. The predicted molar refractivity (Wildman–Crippen MR) is 37.6 cm³/mol. The highest BCUT2D eigenvalue weighted by molar-refractivity contribution is 5.85. The molecule has 0 amide bonds. The number of aliphatic hydroxyl groups excluding tert-OH is 1. The molecule has 0 aromatic carbocycles. The summed E-state index contributed by atoms with van der Waals surface area (Å²) in [4.78, 5) is 0. The fourth-order valence-electron chi connectivity index (χ4n) is 0.475. The van der Waals surface area contributed by atoms with E-state index in [9.17, 15) is 13.2 Å². The lowest BCUT2D eigenvalue weighted by Crippen LogP contribution is -2.37. The number of alkyl halides is 3. The smallest absolute Gasteiger partial charge is 0.396 e. The molecule has 2 nitrogen and oxygen atoms in total. The maximum absolute atomic E-state index is 11.6. The number of rotatable bonds is 3. The Hall–Kier alpha value is -0.0000000000000000555. The van der Waals surface area contributed by atoms with Crippen molar-refractivity contribution >= 4 is 12.4 Å². The molecule has 0 saturated heterocycles. The van der Waals surface area contributed by atoms with Crippen molar-refractivity contribution in [2.45, 2.75) is 25.1 Å². The first-order chi connectivity index (χ1) is 4.48. The molecule has 0 saturated carbocycles. The maximum atomic E-state index is 11.6. The summed E-state index contributed by atoms with van der Waals surface area (Å²) < 4.78 is 34.7. The topological polar surface area (TPSA) is 46.2 Å². The zero-order valence-corrected chi connectivity index (χ0v) is 6.58. The third-order valence-electron chi connectivity index (χ3n) is 1.09. The first-order valence-electron chi connectivity index (χ1n) is 2.91. The molecular weight excluding hydrogens is 183 g/mol. The van der Waals surface area contributed by atoms with Gasteiger partial charge in [0, 0.05) is 6.61 Å². The monoisotopic (exact) mass is 193 g/mol. The quantitative estimate of drug-likeness (QED) is 0.705. The van der Waals surface area contributed by atoms with Crippen molar-refractivity contribution in [1.29, 1.82) is 0 Å². The van der Waals surface area contributed by atoms with Gasteiger partial charge in [0.15, 0.2) is 0 Å². The summed E-state index contributed by atoms with van der Waals surface area (Å²) in [6.45, 7) is -0.246. The first kappa shape index (κ1) is 13.6. The molecule has 0 rings (SSSR count). The third-order valence-corrected chi connectivity index (χ3v) is 1.09. The highest BCUT2D eigenvalue weighted by Gasteiger charge is 2.35. The second kappa shape index (κ2) is 5.62. The van der Waals surface area contributed by atoms with Crippen molar-refractivity contribution in [2.75, 3.05) is 6.61 Å². The van der Waals surface area contributed by atoms with E-state index in [1.165, 1.54) is 0 Å². The highest BCUT2D eigenvalue weighted by Crippen LogP contribution is 2.20. The SMILES string of the molecule is Cl.N[C@H](CCCO)C(F)(F)F. The standard InChI is InChI=1S/C5H10F3NO.ClH/c6-5(7,8)4(9)2-1-3-10;/h4,10H,1-3,9H2;1H/t4-;/m1./s1. The van der Waals surface area contributed by atoms with E-state index in [0.29, 0.717) is 0 Å². The Balaban J connectivity index is 0. The summed E-state index contributed by atoms with van der Waals surface area (Å²) in [6.07, 6.45) is -4.43. The van der Waals surface area contributed by atoms with E-state index in [4.69, 9.17) is 10.8 Å². The first-order valence-corrected chi connectivity index (χ1v) is 2.91. The van der Waals surface area contributed by atoms with E-state index in [2.05, 4.69) is 0 Å². The zero-order chi connectivity index (χ0) is 8.20. The number of nitrogens with two attached hydrogens (primary N) is 1. The van der Waals surface area contributed by atoms with Crippen LogP contribution in [0.4, 0.5) is 13.2 Å². The van der Waals surface area contributed by atoms with Gasteiger partial charge in [-0.25, -0.2) is 0 Å². The molecule has 0 aliphatic heterocycles. The van der Waals surface area contributed by atoms with Crippen molar-refractivity contribution < 1.29 is 18.3 Å². The second-order valence-electron chi connectivity index (χ2n) is 2.01. The van der Waals surface area contributed by atoms with Gasteiger partial charge < -0.3 is 10.8 Å². The zero-order valence-electron chi connectivity index (χ0n) is 5.77. The molecule has 0 aliphatic carbocycles. The van der Waals surface area contributed by atoms with Crippen LogP contribution in [0.1, 0.15) is 12.8 Å². The van der Waals surface area contributed by atoms with E-state index >= 15 is 0 Å². The minimum absolute atomic E-state index is 0. The summed E-state index contributed by atoms with van der Waals surface area (Å²) in [5, 5.41) is 8.16. The lowest BCUT2D eigenvalue weighted by atomic mass is 10.2. The van der Waals surface area contributed by atoms with Crippen LogP contribution in [0.2, 0.25) is 0 Å². The molecule has 0 aliphatic rings. The summed E-state index contributed by atoms with van der Waals surface area (Å²) in [5.74, 6) is 0. The van der Waals surface area contributed by atoms with Gasteiger partial charge in [0.05, 0.1) is 0 Å². The van der Waals surface area contributed by atoms with Crippen LogP contribution in [0.3, 0.4) is 0 Å². The van der Waals surface area contributed by atoms with Crippen LogP contribution >= 0.6 is 12.4 Å². The molecular formula is C5H11ClF3NO. The number of hydrogen-bond acceptors (Lipinski definition) is 2. The average Bonchev–Trinajstić information content (AvgIpc) is 1.80. The van der Waals surface area contributed by atoms with Gasteiger partial charge in [-0.05, 0) is 12.8 Å². The van der Waals surface area contributed by atoms with E-state index < -0.39 is 12.2 Å². The van der Waals surface area contributed by atoms with Gasteiger partial charge in [0.2, 0.25) is 0 Å². The number of aliphatic hydroxyl groups is 1. The van der Waals surface area contributed by atoms with Crippen molar-refractivity contribution in [3.63, 3.8) is 0 Å². The minimum Gasteiger partial charge on any atom is -0.396 e. The van der Waals surface area contributed by atoms with Crippen LogP contribution in [0.25, 0.3) is 0 Å². The van der Waals surface area contributed by atoms with Crippen LogP contribution in [0, 0.1) is 0 Å². The van der Waals surface area contributed by atoms with Gasteiger partial charge in [-0.1, -0.05) is 0 Å². The van der Waals surface area contributed by atoms with Crippen molar-refractivity contribution in [2.24, 2.45) is 5.73 Å². The molecule has 0 aromatic rings. The lowest BCUT2D eigenvalue weighted by molar-refractivity contribution is -0.149. The van der Waals surface area contributed by atoms with Gasteiger partial charge in [-0.15, -0.1) is 12.4 Å². The number of hydrogen-bond donors (Lipinski definition) is 2. The fourth-order valence-corrected chi connectivity index (χ4v) is 0.475. The van der Waals surface area contributed by atoms with Crippen LogP contribution in [0.15, 0.2) is 0 Å². The molecule has 0 aromatic heterocycles. The summed E-state index contributed by atoms with van der Waals surface area (Å²) in [7, 11) is 0. The van der Waals surface area contributed by atoms with Crippen molar-refractivity contribution in [3.8, 4) is 0 Å². The second-order valence-corrected chi connectivity index (χ2v) is 2.01. The molecule has 6 heteroatoms. The van der Waals surface area contributed by atoms with Gasteiger partial charge >= 0.3 is 6.18 Å². The molecule has 1 atom stereocenters. The minimum atomic E-state index is -4.32. The molecule has 0 fully saturated rings. The van der Waals surface area contributed by atoms with E-state index in [1.54, 1.807) is 0 Å². The molecule has 3 N–H and O–H groups in total. The van der Waals surface area contributed by atoms with E-state index in [-0.39, 0.29) is 31.9 Å². The van der Waals surface area contributed by atoms with Gasteiger partial charge in [0.25, 0.3) is 0 Å². The third kappa shape index (κ3) is 6.40. The molecule has 0 unspecified atom stereocenters. The normalized spacial score (nSPS) is 13.9. The van der Waals surface area contributed by atoms with Crippen LogP contribution in [-0.4, -0.2) is 23.9 Å². The molecule has 0 bridgehead atoms. The van der Waals surface area contributed by atoms with Crippen molar-refractivity contribution in [1.82, 2.24) is 0 Å². The molecule has 70 valence electrons. The Morgan fingerprint density at radius 2 is 1.82 bits per heavy atom. The van der Waals surface area contributed by atoms with Gasteiger partial charge in [0.1, 0.15) is 6.04 Å². The summed E-state index contributed by atoms with van der Waals surface area (Å²) >= 11 is 0. The van der Waals surface area contributed by atoms with Gasteiger partial charge in [-0.3, -0.25) is 0 Å². The van der Waals surface area contributed by atoms with E-state index in [0.717, 1.165) is 0 Å². The Kier molecular flexibility index (Phi) is 6.94. The molecule has 0 heterocycles. The van der Waals surface area contributed by atoms with Crippen LogP contribution < -0.4 is 5.73 Å². The average molecular weight is 194 g/mol. The largest absolute Gasteiger partial charge is 0.403 e. The highest BCUT2D eigenvalue weighted by atomic mass is 35.5. The number of halogens is 4. The van der Waals surface area contributed by atoms with Gasteiger partial charge in [-0.2, -0.15) is 13.2 Å². The predicted octanol–water partition coefficient (Wildman–Crippen LogP) is 1.07. The van der Waals surface area contributed by atoms with Crippen molar-refractivity contribution in [3.05, 3.63) is 0 Å². The Labute approximate surface area is 69.0 Å². The Morgan fingerprint density at radius 1 is 1.36 bits per heavy atom. The molecule has 11 heavy (non-hydrogen) atoms. The molecule has 0 spiro atoms. The maximum Gasteiger partial charge on any atom is 0.403 e. The molecule has 0 radical (unpaired) electrons.